The Balaban J connectivity index is 2.34. The van der Waals surface area contributed by atoms with Crippen LogP contribution in [-0.2, 0) is 6.54 Å². The molecule has 0 heterocycles. The maximum absolute atomic E-state index is 12.7. The molecule has 0 fully saturated rings. The van der Waals surface area contributed by atoms with Gasteiger partial charge in [-0.3, -0.25) is 0 Å². The van der Waals surface area contributed by atoms with Crippen LogP contribution in [0.3, 0.4) is 0 Å². The van der Waals surface area contributed by atoms with Gasteiger partial charge >= 0.3 is 0 Å². The van der Waals surface area contributed by atoms with Crippen molar-refractivity contribution >= 4 is 5.96 Å². The van der Waals surface area contributed by atoms with E-state index in [-0.39, 0.29) is 5.82 Å². The molecule has 0 atom stereocenters. The second kappa shape index (κ2) is 6.89. The van der Waals surface area contributed by atoms with Crippen LogP contribution in [0.5, 0.6) is 0 Å². The molecule has 0 aromatic heterocycles. The minimum atomic E-state index is -0.235. The quantitative estimate of drug-likeness (QED) is 0.609. The molecule has 0 saturated heterocycles. The zero-order valence-corrected chi connectivity index (χ0v) is 10.4. The van der Waals surface area contributed by atoms with Crippen LogP contribution >= 0.6 is 0 Å². The predicted molar refractivity (Wildman–Crippen MR) is 69.2 cm³/mol. The molecule has 0 spiro atoms. The third-order valence-electron chi connectivity index (χ3n) is 2.37. The Labute approximate surface area is 102 Å². The van der Waals surface area contributed by atoms with Crippen molar-refractivity contribution in [3.8, 4) is 0 Å². The van der Waals surface area contributed by atoms with Crippen molar-refractivity contribution in [3.05, 3.63) is 35.6 Å². The zero-order valence-electron chi connectivity index (χ0n) is 10.4. The second-order valence-electron chi connectivity index (χ2n) is 4.44. The first-order valence-electron chi connectivity index (χ1n) is 5.86. The van der Waals surface area contributed by atoms with Gasteiger partial charge < -0.3 is 11.1 Å². The normalized spacial score (nSPS) is 11.9. The number of hydrogen-bond acceptors (Lipinski definition) is 1. The highest BCUT2D eigenvalue weighted by Gasteiger charge is 1.96. The molecular weight excluding hydrogens is 217 g/mol. The lowest BCUT2D eigenvalue weighted by Crippen LogP contribution is -2.32. The number of benzene rings is 1. The lowest BCUT2D eigenvalue weighted by Gasteiger charge is -2.07. The van der Waals surface area contributed by atoms with Crippen molar-refractivity contribution in [2.45, 2.75) is 26.8 Å². The standard InChI is InChI=1S/C13H20FN3/c1-10(2)7-8-16-13(15)17-9-11-3-5-12(14)6-4-11/h3-6,10H,7-9H2,1-2H3,(H3,15,16,17). The van der Waals surface area contributed by atoms with Crippen LogP contribution in [0.2, 0.25) is 0 Å². The van der Waals surface area contributed by atoms with Gasteiger partial charge in [-0.25, -0.2) is 9.38 Å². The number of halogens is 1. The summed E-state index contributed by atoms with van der Waals surface area (Å²) in [6.07, 6.45) is 1.06. The molecule has 0 saturated carbocycles. The molecule has 1 aromatic rings. The molecule has 1 aromatic carbocycles. The fourth-order valence-electron chi connectivity index (χ4n) is 1.31. The van der Waals surface area contributed by atoms with Gasteiger partial charge in [-0.15, -0.1) is 0 Å². The van der Waals surface area contributed by atoms with Gasteiger partial charge in [0, 0.05) is 6.54 Å². The fourth-order valence-corrected chi connectivity index (χ4v) is 1.31. The van der Waals surface area contributed by atoms with E-state index < -0.39 is 0 Å². The molecule has 0 aliphatic rings. The summed E-state index contributed by atoms with van der Waals surface area (Å²) >= 11 is 0. The molecule has 0 radical (unpaired) electrons. The average Bonchev–Trinajstić information content (AvgIpc) is 2.28. The van der Waals surface area contributed by atoms with Gasteiger partial charge in [0.25, 0.3) is 0 Å². The van der Waals surface area contributed by atoms with E-state index in [9.17, 15) is 4.39 Å². The first-order chi connectivity index (χ1) is 8.08. The number of nitrogens with two attached hydrogens (primary N) is 1. The Morgan fingerprint density at radius 2 is 2.00 bits per heavy atom. The summed E-state index contributed by atoms with van der Waals surface area (Å²) in [6.45, 7) is 5.62. The minimum Gasteiger partial charge on any atom is -0.370 e. The van der Waals surface area contributed by atoms with E-state index in [1.54, 1.807) is 12.1 Å². The lowest BCUT2D eigenvalue weighted by molar-refractivity contribution is 0.576. The largest absolute Gasteiger partial charge is 0.370 e. The predicted octanol–water partition coefficient (Wildman–Crippen LogP) is 2.28. The highest BCUT2D eigenvalue weighted by atomic mass is 19.1. The van der Waals surface area contributed by atoms with E-state index in [4.69, 9.17) is 5.73 Å². The van der Waals surface area contributed by atoms with E-state index >= 15 is 0 Å². The van der Waals surface area contributed by atoms with Crippen LogP contribution in [0.15, 0.2) is 29.3 Å². The number of guanidine groups is 1. The maximum atomic E-state index is 12.7. The van der Waals surface area contributed by atoms with Crippen molar-refractivity contribution < 1.29 is 4.39 Å². The van der Waals surface area contributed by atoms with Gasteiger partial charge in [-0.1, -0.05) is 26.0 Å². The summed E-state index contributed by atoms with van der Waals surface area (Å²) in [5.74, 6) is 0.850. The van der Waals surface area contributed by atoms with Gasteiger partial charge in [0.2, 0.25) is 0 Å². The van der Waals surface area contributed by atoms with E-state index in [1.807, 2.05) is 0 Å². The van der Waals surface area contributed by atoms with Gasteiger partial charge in [0.1, 0.15) is 5.82 Å². The summed E-state index contributed by atoms with van der Waals surface area (Å²) in [7, 11) is 0. The highest BCUT2D eigenvalue weighted by Crippen LogP contribution is 2.03. The minimum absolute atomic E-state index is 0.235. The number of nitrogens with zero attached hydrogens (tertiary/aromatic N) is 1. The number of aliphatic imine (C=N–C) groups is 1. The number of rotatable bonds is 5. The smallest absolute Gasteiger partial charge is 0.188 e. The van der Waals surface area contributed by atoms with Crippen molar-refractivity contribution in [2.24, 2.45) is 16.6 Å². The van der Waals surface area contributed by atoms with Crippen molar-refractivity contribution in [3.63, 3.8) is 0 Å². The van der Waals surface area contributed by atoms with Crippen LogP contribution in [0.25, 0.3) is 0 Å². The average molecular weight is 237 g/mol. The van der Waals surface area contributed by atoms with Gasteiger partial charge in [-0.05, 0) is 30.0 Å². The first kappa shape index (κ1) is 13.5. The molecule has 94 valence electrons. The van der Waals surface area contributed by atoms with Crippen LogP contribution in [0.4, 0.5) is 4.39 Å². The molecule has 0 aliphatic heterocycles. The summed E-state index contributed by atoms with van der Waals surface area (Å²) in [4.78, 5) is 4.18. The van der Waals surface area contributed by atoms with E-state index in [0.29, 0.717) is 18.4 Å². The summed E-state index contributed by atoms with van der Waals surface area (Å²) in [5, 5.41) is 3.05. The van der Waals surface area contributed by atoms with Crippen LogP contribution in [0.1, 0.15) is 25.8 Å². The molecule has 0 unspecified atom stereocenters. The fraction of sp³-hybridized carbons (Fsp3) is 0.462. The Morgan fingerprint density at radius 1 is 1.35 bits per heavy atom. The highest BCUT2D eigenvalue weighted by molar-refractivity contribution is 5.77. The van der Waals surface area contributed by atoms with E-state index in [2.05, 4.69) is 24.2 Å². The molecule has 1 rings (SSSR count). The topological polar surface area (TPSA) is 50.4 Å². The maximum Gasteiger partial charge on any atom is 0.188 e. The molecule has 0 aliphatic carbocycles. The van der Waals surface area contributed by atoms with Crippen molar-refractivity contribution in [2.75, 3.05) is 6.54 Å². The monoisotopic (exact) mass is 237 g/mol. The third-order valence-corrected chi connectivity index (χ3v) is 2.37. The molecule has 17 heavy (non-hydrogen) atoms. The zero-order chi connectivity index (χ0) is 12.7. The molecule has 0 bridgehead atoms. The van der Waals surface area contributed by atoms with E-state index in [0.717, 1.165) is 18.5 Å². The third kappa shape index (κ3) is 5.90. The molecular formula is C13H20FN3. The number of hydrogen-bond donors (Lipinski definition) is 2. The number of nitrogens with one attached hydrogen (secondary N) is 1. The molecule has 3 nitrogen and oxygen atoms in total. The Hall–Kier alpha value is -1.58. The second-order valence-corrected chi connectivity index (χ2v) is 4.44. The van der Waals surface area contributed by atoms with Crippen molar-refractivity contribution in [1.82, 2.24) is 5.32 Å². The first-order valence-corrected chi connectivity index (χ1v) is 5.86. The Kier molecular flexibility index (Phi) is 5.46. The van der Waals surface area contributed by atoms with Crippen LogP contribution in [-0.4, -0.2) is 12.5 Å². The molecule has 0 amide bonds. The van der Waals surface area contributed by atoms with Gasteiger partial charge in [-0.2, -0.15) is 0 Å². The Bertz CT molecular complexity index is 357. The summed E-state index contributed by atoms with van der Waals surface area (Å²) in [5.41, 5.74) is 6.65. The molecule has 3 N–H and O–H groups in total. The van der Waals surface area contributed by atoms with Crippen LogP contribution in [0, 0.1) is 11.7 Å². The van der Waals surface area contributed by atoms with Gasteiger partial charge in [0.05, 0.1) is 6.54 Å². The van der Waals surface area contributed by atoms with Crippen molar-refractivity contribution in [1.29, 1.82) is 0 Å². The van der Waals surface area contributed by atoms with E-state index in [1.165, 1.54) is 12.1 Å². The summed E-state index contributed by atoms with van der Waals surface area (Å²) < 4.78 is 12.7. The van der Waals surface area contributed by atoms with Crippen LogP contribution < -0.4 is 11.1 Å². The summed E-state index contributed by atoms with van der Waals surface area (Å²) in [6, 6.07) is 6.26. The Morgan fingerprint density at radius 3 is 2.59 bits per heavy atom. The van der Waals surface area contributed by atoms with Gasteiger partial charge in [0.15, 0.2) is 5.96 Å². The SMILES string of the molecule is CC(C)CCNC(N)=NCc1ccc(F)cc1. The molecule has 4 heteroatoms. The lowest BCUT2D eigenvalue weighted by atomic mass is 10.1.